The molecule has 0 aromatic heterocycles. The minimum absolute atomic E-state index is 0.0902. The van der Waals surface area contributed by atoms with E-state index in [2.05, 4.69) is 8.92 Å². The lowest BCUT2D eigenvalue weighted by Gasteiger charge is -2.39. The maximum Gasteiger partial charge on any atom is 0.421 e. The SMILES string of the molecule is CC1(COC(C(F)(F)F)C(F)(F)S(=O)(=O)NS(=O)(=O)Oc2ccc([S+](c3ccccc3)c3ccccc3)cc2)COC1. The number of nitrogens with one attached hydrogen (secondary N) is 1. The van der Waals surface area contributed by atoms with Crippen LogP contribution in [0.1, 0.15) is 6.92 Å². The highest BCUT2D eigenvalue weighted by Gasteiger charge is 2.66. The fourth-order valence-electron chi connectivity index (χ4n) is 3.83. The maximum atomic E-state index is 14.7. The number of rotatable bonds is 12. The first-order chi connectivity index (χ1) is 19.5. The van der Waals surface area contributed by atoms with E-state index in [0.717, 1.165) is 21.9 Å². The molecule has 1 unspecified atom stereocenters. The quantitative estimate of drug-likeness (QED) is 0.219. The summed E-state index contributed by atoms with van der Waals surface area (Å²) in [5.74, 6) is -0.476. The number of hydrogen-bond donors (Lipinski definition) is 1. The van der Waals surface area contributed by atoms with Crippen molar-refractivity contribution < 1.29 is 52.4 Å². The number of halogens is 5. The van der Waals surface area contributed by atoms with Crippen LogP contribution in [0.3, 0.4) is 0 Å². The second kappa shape index (κ2) is 12.1. The fourth-order valence-corrected chi connectivity index (χ4v) is 8.41. The molecule has 0 bridgehead atoms. The van der Waals surface area contributed by atoms with Crippen molar-refractivity contribution in [1.29, 1.82) is 0 Å². The summed E-state index contributed by atoms with van der Waals surface area (Å²) in [5.41, 5.74) is -1.04. The van der Waals surface area contributed by atoms with Crippen LogP contribution in [0.15, 0.2) is 99.6 Å². The van der Waals surface area contributed by atoms with Gasteiger partial charge in [-0.3, -0.25) is 0 Å². The minimum Gasteiger partial charge on any atom is -0.380 e. The molecule has 3 aromatic carbocycles. The highest BCUT2D eigenvalue weighted by molar-refractivity contribution is 8.03. The van der Waals surface area contributed by atoms with E-state index in [1.54, 1.807) is 0 Å². The molecule has 8 nitrogen and oxygen atoms in total. The third kappa shape index (κ3) is 7.41. The molecule has 1 atom stereocenters. The third-order valence-corrected chi connectivity index (χ3v) is 11.2. The first-order valence-electron chi connectivity index (χ1n) is 12.1. The Kier molecular flexibility index (Phi) is 9.25. The normalized spacial score (nSPS) is 16.5. The van der Waals surface area contributed by atoms with Gasteiger partial charge in [-0.15, -0.1) is 0 Å². The van der Waals surface area contributed by atoms with Gasteiger partial charge in [0.05, 0.1) is 30.7 Å². The molecule has 228 valence electrons. The van der Waals surface area contributed by atoms with E-state index in [0.29, 0.717) is 9.02 Å². The van der Waals surface area contributed by atoms with Crippen LogP contribution in [0, 0.1) is 5.41 Å². The van der Waals surface area contributed by atoms with Crippen molar-refractivity contribution in [2.45, 2.75) is 39.1 Å². The van der Waals surface area contributed by atoms with Gasteiger partial charge in [-0.25, -0.2) is 8.42 Å². The molecule has 1 fully saturated rings. The predicted octanol–water partition coefficient (Wildman–Crippen LogP) is 4.90. The van der Waals surface area contributed by atoms with Crippen molar-refractivity contribution in [3.8, 4) is 5.75 Å². The Morgan fingerprint density at radius 2 is 1.31 bits per heavy atom. The maximum absolute atomic E-state index is 14.7. The summed E-state index contributed by atoms with van der Waals surface area (Å²) < 4.78 is 134. The van der Waals surface area contributed by atoms with Crippen molar-refractivity contribution in [3.63, 3.8) is 0 Å². The van der Waals surface area contributed by atoms with Crippen LogP contribution in [0.5, 0.6) is 5.75 Å². The molecule has 16 heteroatoms. The topological polar surface area (TPSA) is 108 Å². The summed E-state index contributed by atoms with van der Waals surface area (Å²) in [6.07, 6.45) is -10.0. The third-order valence-electron chi connectivity index (χ3n) is 5.90. The van der Waals surface area contributed by atoms with Gasteiger partial charge in [0.25, 0.3) is 10.0 Å². The molecule has 42 heavy (non-hydrogen) atoms. The van der Waals surface area contributed by atoms with Gasteiger partial charge in [0.2, 0.25) is 6.10 Å². The van der Waals surface area contributed by atoms with Crippen LogP contribution >= 0.6 is 0 Å². The molecule has 1 saturated heterocycles. The molecular formula is C26H25F5NO7S3+. The van der Waals surface area contributed by atoms with Gasteiger partial charge in [-0.1, -0.05) is 47.4 Å². The Morgan fingerprint density at radius 3 is 1.74 bits per heavy atom. The molecule has 1 N–H and O–H groups in total. The van der Waals surface area contributed by atoms with Crippen molar-refractivity contribution in [3.05, 3.63) is 84.9 Å². The second-order valence-corrected chi connectivity index (χ2v) is 14.9. The predicted molar refractivity (Wildman–Crippen MR) is 143 cm³/mol. The summed E-state index contributed by atoms with van der Waals surface area (Å²) in [7, 11) is -12.8. The van der Waals surface area contributed by atoms with Gasteiger partial charge in [0, 0.05) is 5.41 Å². The fraction of sp³-hybridized carbons (Fsp3) is 0.308. The van der Waals surface area contributed by atoms with E-state index >= 15 is 0 Å². The number of ether oxygens (including phenoxy) is 2. The monoisotopic (exact) mass is 654 g/mol. The van der Waals surface area contributed by atoms with E-state index in [4.69, 9.17) is 4.74 Å². The molecule has 1 aliphatic heterocycles. The van der Waals surface area contributed by atoms with Crippen LogP contribution in [0.4, 0.5) is 22.0 Å². The molecular weight excluding hydrogens is 629 g/mol. The molecule has 0 radical (unpaired) electrons. The summed E-state index contributed by atoms with van der Waals surface area (Å²) in [6, 6.07) is 24.0. The van der Waals surface area contributed by atoms with E-state index in [1.807, 2.05) is 60.7 Å². The first-order valence-corrected chi connectivity index (χ1v) is 16.2. The van der Waals surface area contributed by atoms with Crippen LogP contribution in [0.2, 0.25) is 0 Å². The average molecular weight is 655 g/mol. The van der Waals surface area contributed by atoms with Gasteiger partial charge in [0.15, 0.2) is 14.7 Å². The molecule has 1 heterocycles. The molecule has 0 amide bonds. The first kappa shape index (κ1) is 32.2. The van der Waals surface area contributed by atoms with E-state index in [-0.39, 0.29) is 13.2 Å². The summed E-state index contributed by atoms with van der Waals surface area (Å²) in [6.45, 7) is 0.298. The van der Waals surface area contributed by atoms with E-state index in [1.165, 1.54) is 19.1 Å². The lowest BCUT2D eigenvalue weighted by Crippen LogP contribution is -2.57. The summed E-state index contributed by atoms with van der Waals surface area (Å²) >= 11 is 0. The standard InChI is InChI=1S/C26H25F5NO7S3/c1-24(16-37-17-24)18-38-23(25(27,28)29)26(30,31)41(33,34)32-42(35,36)39-19-12-14-22(15-13-19)40(20-8-4-2-5-9-20)21-10-6-3-7-11-21/h2-15,23,32H,16-18H2,1H3/q+1. The zero-order valence-electron chi connectivity index (χ0n) is 21.8. The largest absolute Gasteiger partial charge is 0.421 e. The minimum atomic E-state index is -6.54. The van der Waals surface area contributed by atoms with Crippen LogP contribution < -0.4 is 8.31 Å². The Labute approximate surface area is 242 Å². The number of benzene rings is 3. The number of alkyl halides is 5. The van der Waals surface area contributed by atoms with E-state index in [9.17, 15) is 38.8 Å². The molecule has 0 aliphatic carbocycles. The number of hydrogen-bond acceptors (Lipinski definition) is 7. The van der Waals surface area contributed by atoms with Gasteiger partial charge < -0.3 is 13.7 Å². The Balaban J connectivity index is 1.52. The molecule has 1 aliphatic rings. The van der Waals surface area contributed by atoms with E-state index < -0.39 is 66.5 Å². The highest BCUT2D eigenvalue weighted by atomic mass is 32.3. The van der Waals surface area contributed by atoms with Crippen LogP contribution in [-0.4, -0.2) is 54.2 Å². The number of sulfonamides is 1. The van der Waals surface area contributed by atoms with Gasteiger partial charge >= 0.3 is 21.7 Å². The zero-order chi connectivity index (χ0) is 30.8. The Hall–Kier alpha value is -2.76. The lowest BCUT2D eigenvalue weighted by molar-refractivity contribution is -0.278. The molecule has 0 spiro atoms. The van der Waals surface area contributed by atoms with Crippen molar-refractivity contribution in [2.75, 3.05) is 19.8 Å². The average Bonchev–Trinajstić information content (AvgIpc) is 2.88. The summed E-state index contributed by atoms with van der Waals surface area (Å²) in [5, 5.41) is -5.74. The second-order valence-electron chi connectivity index (χ2n) is 9.63. The summed E-state index contributed by atoms with van der Waals surface area (Å²) in [4.78, 5) is 2.57. The van der Waals surface area contributed by atoms with Gasteiger partial charge in [-0.2, -0.15) is 30.4 Å². The van der Waals surface area contributed by atoms with Crippen molar-refractivity contribution >= 4 is 31.2 Å². The van der Waals surface area contributed by atoms with Crippen molar-refractivity contribution in [1.82, 2.24) is 4.13 Å². The van der Waals surface area contributed by atoms with Crippen LogP contribution in [-0.2, 0) is 40.7 Å². The van der Waals surface area contributed by atoms with Gasteiger partial charge in [-0.05, 0) is 48.5 Å². The Bertz CT molecular complexity index is 1530. The molecule has 3 aromatic rings. The molecule has 0 saturated carbocycles. The Morgan fingerprint density at radius 1 is 0.833 bits per heavy atom. The van der Waals surface area contributed by atoms with Crippen molar-refractivity contribution in [2.24, 2.45) is 5.41 Å². The smallest absolute Gasteiger partial charge is 0.380 e. The zero-order valence-corrected chi connectivity index (χ0v) is 24.2. The lowest BCUT2D eigenvalue weighted by atomic mass is 9.90. The van der Waals surface area contributed by atoms with Crippen LogP contribution in [0.25, 0.3) is 0 Å². The molecule has 4 rings (SSSR count). The van der Waals surface area contributed by atoms with Gasteiger partial charge in [0.1, 0.15) is 5.75 Å². The highest BCUT2D eigenvalue weighted by Crippen LogP contribution is 2.40.